The van der Waals surface area contributed by atoms with Crippen molar-refractivity contribution < 1.29 is 4.79 Å². The molecule has 0 aromatic rings. The third-order valence-electron chi connectivity index (χ3n) is 4.33. The van der Waals surface area contributed by atoms with Crippen LogP contribution in [0.5, 0.6) is 0 Å². The molecule has 1 aliphatic heterocycles. The highest BCUT2D eigenvalue weighted by molar-refractivity contribution is 5.88. The van der Waals surface area contributed by atoms with Gasteiger partial charge in [-0.3, -0.25) is 10.1 Å². The lowest BCUT2D eigenvalue weighted by Crippen LogP contribution is -2.49. The number of nitrogens with zero attached hydrogens (tertiary/aromatic N) is 2. The molecular formula is C16H33N3O. The summed E-state index contributed by atoms with van der Waals surface area (Å²) in [4.78, 5) is 17.2. The Morgan fingerprint density at radius 2 is 1.95 bits per heavy atom. The number of nitrogens with one attached hydrogen (secondary N) is 1. The van der Waals surface area contributed by atoms with E-state index in [1.54, 1.807) is 0 Å². The average Bonchev–Trinajstić information content (AvgIpc) is 2.60. The number of amides is 1. The van der Waals surface area contributed by atoms with Gasteiger partial charge in [0.2, 0.25) is 5.91 Å². The van der Waals surface area contributed by atoms with Gasteiger partial charge in [-0.15, -0.1) is 0 Å². The molecular weight excluding hydrogens is 250 g/mol. The maximum absolute atomic E-state index is 12.9. The van der Waals surface area contributed by atoms with Crippen molar-refractivity contribution in [3.8, 4) is 0 Å². The highest BCUT2D eigenvalue weighted by Gasteiger charge is 2.48. The van der Waals surface area contributed by atoms with Crippen molar-refractivity contribution in [2.75, 3.05) is 20.6 Å². The Morgan fingerprint density at radius 3 is 2.35 bits per heavy atom. The standard InChI is InChI=1S/C16H33N3O/c1-8-14-17-16(5,9-2)15(20)19(14)13(10-12(3)4)11-18(6)7/h12-14,17H,8-11H2,1-7H3. The Labute approximate surface area is 124 Å². The molecule has 1 saturated heterocycles. The SMILES string of the molecule is CCC1NC(C)(CC)C(=O)N1C(CC(C)C)CN(C)C. The van der Waals surface area contributed by atoms with E-state index in [4.69, 9.17) is 0 Å². The zero-order valence-corrected chi connectivity index (χ0v) is 14.4. The van der Waals surface area contributed by atoms with Crippen LogP contribution in [0.15, 0.2) is 0 Å². The Balaban J connectivity index is 2.99. The summed E-state index contributed by atoms with van der Waals surface area (Å²) in [6.45, 7) is 11.7. The van der Waals surface area contributed by atoms with E-state index in [0.717, 1.165) is 25.8 Å². The van der Waals surface area contributed by atoms with Gasteiger partial charge < -0.3 is 9.80 Å². The van der Waals surface area contributed by atoms with Gasteiger partial charge in [-0.2, -0.15) is 0 Å². The zero-order chi connectivity index (χ0) is 15.5. The minimum absolute atomic E-state index is 0.177. The lowest BCUT2D eigenvalue weighted by Gasteiger charge is -2.35. The molecule has 118 valence electrons. The topological polar surface area (TPSA) is 35.6 Å². The van der Waals surface area contributed by atoms with Crippen LogP contribution in [0.25, 0.3) is 0 Å². The molecule has 0 bridgehead atoms. The monoisotopic (exact) mass is 283 g/mol. The van der Waals surface area contributed by atoms with E-state index in [1.807, 2.05) is 6.92 Å². The average molecular weight is 283 g/mol. The van der Waals surface area contributed by atoms with Crippen molar-refractivity contribution >= 4 is 5.91 Å². The molecule has 4 nitrogen and oxygen atoms in total. The molecule has 1 rings (SSSR count). The molecule has 0 aliphatic carbocycles. The van der Waals surface area contributed by atoms with Crippen molar-refractivity contribution in [1.29, 1.82) is 0 Å². The van der Waals surface area contributed by atoms with Gasteiger partial charge in [0.15, 0.2) is 0 Å². The van der Waals surface area contributed by atoms with Gasteiger partial charge in [0.1, 0.15) is 0 Å². The fraction of sp³-hybridized carbons (Fsp3) is 0.938. The molecule has 0 radical (unpaired) electrons. The van der Waals surface area contributed by atoms with Crippen LogP contribution < -0.4 is 5.32 Å². The molecule has 3 unspecified atom stereocenters. The van der Waals surface area contributed by atoms with Gasteiger partial charge in [0.25, 0.3) is 0 Å². The summed E-state index contributed by atoms with van der Waals surface area (Å²) in [5.74, 6) is 0.873. The second-order valence-corrected chi connectivity index (χ2v) is 7.01. The van der Waals surface area contributed by atoms with Crippen molar-refractivity contribution in [2.45, 2.75) is 71.6 Å². The lowest BCUT2D eigenvalue weighted by molar-refractivity contribution is -0.135. The summed E-state index contributed by atoms with van der Waals surface area (Å²) in [6, 6.07) is 0.295. The predicted molar refractivity (Wildman–Crippen MR) is 84.6 cm³/mol. The van der Waals surface area contributed by atoms with Gasteiger partial charge in [-0.1, -0.05) is 27.7 Å². The second-order valence-electron chi connectivity index (χ2n) is 7.01. The second kappa shape index (κ2) is 6.90. The van der Waals surface area contributed by atoms with Crippen LogP contribution >= 0.6 is 0 Å². The number of hydrogen-bond donors (Lipinski definition) is 1. The van der Waals surface area contributed by atoms with E-state index in [2.05, 4.69) is 56.9 Å². The summed E-state index contributed by atoms with van der Waals surface area (Å²) >= 11 is 0. The molecule has 1 N–H and O–H groups in total. The quantitative estimate of drug-likeness (QED) is 0.779. The van der Waals surface area contributed by atoms with Gasteiger partial charge in [0, 0.05) is 12.6 Å². The van der Waals surface area contributed by atoms with E-state index in [-0.39, 0.29) is 17.6 Å². The number of carbonyl (C=O) groups excluding carboxylic acids is 1. The molecule has 3 atom stereocenters. The van der Waals surface area contributed by atoms with E-state index in [0.29, 0.717) is 12.0 Å². The third kappa shape index (κ3) is 3.73. The van der Waals surface area contributed by atoms with E-state index in [9.17, 15) is 4.79 Å². The first-order chi connectivity index (χ1) is 9.25. The Hall–Kier alpha value is -0.610. The molecule has 1 aliphatic rings. The summed E-state index contributed by atoms with van der Waals surface area (Å²) in [7, 11) is 4.17. The van der Waals surface area contributed by atoms with E-state index < -0.39 is 0 Å². The molecule has 0 aromatic heterocycles. The minimum Gasteiger partial charge on any atom is -0.321 e. The van der Waals surface area contributed by atoms with Crippen LogP contribution in [0.1, 0.15) is 53.9 Å². The van der Waals surface area contributed by atoms with Crippen LogP contribution in [0, 0.1) is 5.92 Å². The summed E-state index contributed by atoms with van der Waals surface area (Å²) in [5, 5.41) is 3.55. The highest BCUT2D eigenvalue weighted by atomic mass is 16.2. The van der Waals surface area contributed by atoms with Crippen LogP contribution in [0.3, 0.4) is 0 Å². The Morgan fingerprint density at radius 1 is 1.35 bits per heavy atom. The predicted octanol–water partition coefficient (Wildman–Crippen LogP) is 2.30. The highest BCUT2D eigenvalue weighted by Crippen LogP contribution is 2.29. The maximum atomic E-state index is 12.9. The summed E-state index contributed by atoms with van der Waals surface area (Å²) < 4.78 is 0. The van der Waals surface area contributed by atoms with Gasteiger partial charge in [0.05, 0.1) is 11.7 Å². The maximum Gasteiger partial charge on any atom is 0.244 e. The smallest absolute Gasteiger partial charge is 0.244 e. The van der Waals surface area contributed by atoms with Crippen LogP contribution in [-0.2, 0) is 4.79 Å². The molecule has 20 heavy (non-hydrogen) atoms. The fourth-order valence-corrected chi connectivity index (χ4v) is 3.14. The zero-order valence-electron chi connectivity index (χ0n) is 14.4. The molecule has 1 fully saturated rings. The number of carbonyl (C=O) groups is 1. The van der Waals surface area contributed by atoms with Crippen molar-refractivity contribution in [3.05, 3.63) is 0 Å². The van der Waals surface area contributed by atoms with Crippen LogP contribution in [-0.4, -0.2) is 54.1 Å². The molecule has 4 heteroatoms. The van der Waals surface area contributed by atoms with Crippen molar-refractivity contribution in [1.82, 2.24) is 15.1 Å². The Kier molecular flexibility index (Phi) is 6.02. The van der Waals surface area contributed by atoms with E-state index >= 15 is 0 Å². The fourth-order valence-electron chi connectivity index (χ4n) is 3.14. The molecule has 0 spiro atoms. The Bertz CT molecular complexity index is 320. The van der Waals surface area contributed by atoms with Crippen LogP contribution in [0.4, 0.5) is 0 Å². The third-order valence-corrected chi connectivity index (χ3v) is 4.33. The van der Waals surface area contributed by atoms with Gasteiger partial charge in [-0.05, 0) is 46.2 Å². The summed E-state index contributed by atoms with van der Waals surface area (Å²) in [5.41, 5.74) is -0.387. The van der Waals surface area contributed by atoms with Gasteiger partial charge >= 0.3 is 0 Å². The first kappa shape index (κ1) is 17.4. The molecule has 1 amide bonds. The largest absolute Gasteiger partial charge is 0.321 e. The first-order valence-corrected chi connectivity index (χ1v) is 8.00. The van der Waals surface area contributed by atoms with Gasteiger partial charge in [-0.25, -0.2) is 0 Å². The summed E-state index contributed by atoms with van der Waals surface area (Å²) in [6.07, 6.45) is 3.04. The van der Waals surface area contributed by atoms with Crippen molar-refractivity contribution in [2.24, 2.45) is 5.92 Å². The lowest BCUT2D eigenvalue weighted by atomic mass is 9.97. The molecule has 1 heterocycles. The number of rotatable bonds is 7. The normalized spacial score (nSPS) is 28.8. The minimum atomic E-state index is -0.387. The van der Waals surface area contributed by atoms with Crippen molar-refractivity contribution in [3.63, 3.8) is 0 Å². The first-order valence-electron chi connectivity index (χ1n) is 8.00. The molecule has 0 aromatic carbocycles. The number of hydrogen-bond acceptors (Lipinski definition) is 3. The van der Waals surface area contributed by atoms with E-state index in [1.165, 1.54) is 0 Å². The number of likely N-dealkylation sites (N-methyl/N-ethyl adjacent to an activating group) is 1. The molecule has 0 saturated carbocycles. The van der Waals surface area contributed by atoms with Crippen LogP contribution in [0.2, 0.25) is 0 Å².